The fourth-order valence-electron chi connectivity index (χ4n) is 1.20. The van der Waals surface area contributed by atoms with Gasteiger partial charge < -0.3 is 9.53 Å². The first-order chi connectivity index (χ1) is 6.76. The molecule has 0 spiro atoms. The minimum Gasteiger partial charge on any atom is -0.374 e. The van der Waals surface area contributed by atoms with E-state index in [0.29, 0.717) is 6.42 Å². The third-order valence-corrected chi connectivity index (χ3v) is 2.34. The Morgan fingerprint density at radius 3 is 2.57 bits per heavy atom. The largest absolute Gasteiger partial charge is 0.374 e. The van der Waals surface area contributed by atoms with Gasteiger partial charge in [-0.2, -0.15) is 0 Å². The van der Waals surface area contributed by atoms with Crippen LogP contribution in [0, 0.1) is 0 Å². The Hall–Kier alpha value is -0.860. The van der Waals surface area contributed by atoms with Gasteiger partial charge in [0.25, 0.3) is 0 Å². The second kappa shape index (κ2) is 5.78. The van der Waals surface area contributed by atoms with Crippen LogP contribution in [0.25, 0.3) is 0 Å². The highest BCUT2D eigenvalue weighted by molar-refractivity contribution is 6.30. The van der Waals surface area contributed by atoms with Crippen molar-refractivity contribution in [3.05, 3.63) is 34.9 Å². The summed E-state index contributed by atoms with van der Waals surface area (Å²) in [5, 5.41) is 0.729. The van der Waals surface area contributed by atoms with Gasteiger partial charge in [-0.05, 0) is 30.5 Å². The molecule has 0 amide bonds. The van der Waals surface area contributed by atoms with E-state index in [1.54, 1.807) is 7.11 Å². The van der Waals surface area contributed by atoms with Crippen molar-refractivity contribution in [1.29, 1.82) is 0 Å². The number of aldehydes is 1. The molecule has 1 aromatic rings. The second-order valence-electron chi connectivity index (χ2n) is 3.08. The van der Waals surface area contributed by atoms with Gasteiger partial charge in [0.1, 0.15) is 12.4 Å². The minimum absolute atomic E-state index is 0.300. The molecular weight excluding hydrogens is 200 g/mol. The summed E-state index contributed by atoms with van der Waals surface area (Å²) >= 11 is 5.75. The molecule has 0 aliphatic rings. The first-order valence-electron chi connectivity index (χ1n) is 4.49. The normalized spacial score (nSPS) is 12.4. The Bertz CT molecular complexity index is 282. The number of rotatable bonds is 5. The molecule has 0 heterocycles. The number of carbonyl (C=O) groups excluding carboxylic acids is 1. The second-order valence-corrected chi connectivity index (χ2v) is 3.51. The smallest absolute Gasteiger partial charge is 0.148 e. The fourth-order valence-corrected chi connectivity index (χ4v) is 1.33. The van der Waals surface area contributed by atoms with E-state index in [4.69, 9.17) is 16.3 Å². The number of carbonyl (C=O) groups is 1. The van der Waals surface area contributed by atoms with Crippen molar-refractivity contribution in [1.82, 2.24) is 0 Å². The predicted molar refractivity (Wildman–Crippen MR) is 56.6 cm³/mol. The number of aryl methyl sites for hydroxylation is 1. The number of methoxy groups -OCH3 is 1. The summed E-state index contributed by atoms with van der Waals surface area (Å²) in [7, 11) is 1.54. The molecule has 1 aromatic carbocycles. The number of hydrogen-bond donors (Lipinski definition) is 0. The number of benzene rings is 1. The molecule has 1 unspecified atom stereocenters. The molecule has 14 heavy (non-hydrogen) atoms. The van der Waals surface area contributed by atoms with Crippen LogP contribution in [-0.2, 0) is 16.0 Å². The van der Waals surface area contributed by atoms with Crippen LogP contribution in [0.1, 0.15) is 12.0 Å². The Labute approximate surface area is 88.8 Å². The summed E-state index contributed by atoms with van der Waals surface area (Å²) in [6.07, 6.45) is 2.07. The maximum absolute atomic E-state index is 10.5. The quantitative estimate of drug-likeness (QED) is 0.701. The number of halogens is 1. The summed E-state index contributed by atoms with van der Waals surface area (Å²) < 4.78 is 4.95. The number of hydrogen-bond acceptors (Lipinski definition) is 2. The highest BCUT2D eigenvalue weighted by Gasteiger charge is 2.04. The molecular formula is C11H13ClO2. The first kappa shape index (κ1) is 11.2. The zero-order valence-corrected chi connectivity index (χ0v) is 8.83. The van der Waals surface area contributed by atoms with E-state index in [1.807, 2.05) is 24.3 Å². The molecule has 0 saturated carbocycles. The zero-order valence-electron chi connectivity index (χ0n) is 8.07. The highest BCUT2D eigenvalue weighted by Crippen LogP contribution is 2.11. The van der Waals surface area contributed by atoms with Gasteiger partial charge in [0.05, 0.1) is 0 Å². The van der Waals surface area contributed by atoms with Crippen LogP contribution < -0.4 is 0 Å². The first-order valence-corrected chi connectivity index (χ1v) is 4.86. The third-order valence-electron chi connectivity index (χ3n) is 2.09. The molecule has 1 rings (SSSR count). The van der Waals surface area contributed by atoms with Gasteiger partial charge in [-0.25, -0.2) is 0 Å². The van der Waals surface area contributed by atoms with Crippen LogP contribution in [0.5, 0.6) is 0 Å². The standard InChI is InChI=1S/C11H13ClO2/c1-14-11(8-13)7-4-9-2-5-10(12)6-3-9/h2-3,5-6,8,11H,4,7H2,1H3. The molecule has 0 aromatic heterocycles. The van der Waals surface area contributed by atoms with E-state index in [0.717, 1.165) is 17.7 Å². The topological polar surface area (TPSA) is 26.3 Å². The molecule has 3 heteroatoms. The average molecular weight is 213 g/mol. The molecule has 0 fully saturated rings. The molecule has 0 saturated heterocycles. The van der Waals surface area contributed by atoms with Crippen molar-refractivity contribution in [2.24, 2.45) is 0 Å². The van der Waals surface area contributed by atoms with Crippen molar-refractivity contribution in [2.75, 3.05) is 7.11 Å². The Kier molecular flexibility index (Phi) is 4.63. The predicted octanol–water partition coefficient (Wildman–Crippen LogP) is 2.49. The minimum atomic E-state index is -0.300. The van der Waals surface area contributed by atoms with Crippen molar-refractivity contribution in [3.63, 3.8) is 0 Å². The molecule has 0 aliphatic heterocycles. The van der Waals surface area contributed by atoms with Gasteiger partial charge in [0.15, 0.2) is 0 Å². The lowest BCUT2D eigenvalue weighted by Crippen LogP contribution is -2.12. The van der Waals surface area contributed by atoms with E-state index in [-0.39, 0.29) is 6.10 Å². The van der Waals surface area contributed by atoms with E-state index in [2.05, 4.69) is 0 Å². The van der Waals surface area contributed by atoms with Crippen LogP contribution in [0.15, 0.2) is 24.3 Å². The van der Waals surface area contributed by atoms with E-state index < -0.39 is 0 Å². The maximum Gasteiger partial charge on any atom is 0.148 e. The molecule has 0 bridgehead atoms. The lowest BCUT2D eigenvalue weighted by atomic mass is 10.1. The lowest BCUT2D eigenvalue weighted by Gasteiger charge is -2.07. The van der Waals surface area contributed by atoms with Crippen molar-refractivity contribution < 1.29 is 9.53 Å². The van der Waals surface area contributed by atoms with E-state index in [1.165, 1.54) is 5.56 Å². The van der Waals surface area contributed by atoms with Gasteiger partial charge >= 0.3 is 0 Å². The number of ether oxygens (including phenoxy) is 1. The summed E-state index contributed by atoms with van der Waals surface area (Å²) in [6.45, 7) is 0. The zero-order chi connectivity index (χ0) is 10.4. The fraction of sp³-hybridized carbons (Fsp3) is 0.364. The van der Waals surface area contributed by atoms with E-state index >= 15 is 0 Å². The van der Waals surface area contributed by atoms with Crippen molar-refractivity contribution in [3.8, 4) is 0 Å². The van der Waals surface area contributed by atoms with Crippen LogP contribution >= 0.6 is 11.6 Å². The van der Waals surface area contributed by atoms with Crippen LogP contribution in [-0.4, -0.2) is 19.5 Å². The van der Waals surface area contributed by atoms with Gasteiger partial charge in [-0.3, -0.25) is 0 Å². The summed E-state index contributed by atoms with van der Waals surface area (Å²) in [4.78, 5) is 10.5. The molecule has 0 N–H and O–H groups in total. The Balaban J connectivity index is 2.45. The summed E-state index contributed by atoms with van der Waals surface area (Å²) in [5.74, 6) is 0. The summed E-state index contributed by atoms with van der Waals surface area (Å²) in [5.41, 5.74) is 1.17. The molecule has 0 aliphatic carbocycles. The van der Waals surface area contributed by atoms with Crippen molar-refractivity contribution >= 4 is 17.9 Å². The Morgan fingerprint density at radius 1 is 1.43 bits per heavy atom. The molecule has 2 nitrogen and oxygen atoms in total. The molecule has 76 valence electrons. The lowest BCUT2D eigenvalue weighted by molar-refractivity contribution is -0.116. The maximum atomic E-state index is 10.5. The third kappa shape index (κ3) is 3.48. The van der Waals surface area contributed by atoms with Crippen LogP contribution in [0.2, 0.25) is 5.02 Å². The van der Waals surface area contributed by atoms with Gasteiger partial charge in [0, 0.05) is 12.1 Å². The average Bonchev–Trinajstić information content (AvgIpc) is 2.22. The SMILES string of the molecule is COC(C=O)CCc1ccc(Cl)cc1. The highest BCUT2D eigenvalue weighted by atomic mass is 35.5. The van der Waals surface area contributed by atoms with Crippen molar-refractivity contribution in [2.45, 2.75) is 18.9 Å². The Morgan fingerprint density at radius 2 is 2.07 bits per heavy atom. The molecule has 1 atom stereocenters. The van der Waals surface area contributed by atoms with Gasteiger partial charge in [0.2, 0.25) is 0 Å². The van der Waals surface area contributed by atoms with Gasteiger partial charge in [-0.15, -0.1) is 0 Å². The van der Waals surface area contributed by atoms with E-state index in [9.17, 15) is 4.79 Å². The van der Waals surface area contributed by atoms with Crippen LogP contribution in [0.4, 0.5) is 0 Å². The molecule has 0 radical (unpaired) electrons. The summed E-state index contributed by atoms with van der Waals surface area (Å²) in [6, 6.07) is 7.61. The monoisotopic (exact) mass is 212 g/mol. The van der Waals surface area contributed by atoms with Crippen LogP contribution in [0.3, 0.4) is 0 Å². The van der Waals surface area contributed by atoms with Gasteiger partial charge in [-0.1, -0.05) is 23.7 Å².